The van der Waals surface area contributed by atoms with Crippen LogP contribution in [0.1, 0.15) is 62.8 Å². The first kappa shape index (κ1) is 22.3. The summed E-state index contributed by atoms with van der Waals surface area (Å²) >= 11 is 0. The van der Waals surface area contributed by atoms with Gasteiger partial charge in [0.25, 0.3) is 0 Å². The molecule has 31 heavy (non-hydrogen) atoms. The molecule has 2 aromatic rings. The molecule has 168 valence electrons. The second-order valence-corrected chi connectivity index (χ2v) is 10.8. The molecule has 0 aromatic carbocycles. The molecule has 1 N–H and O–H groups in total. The van der Waals surface area contributed by atoms with Crippen molar-refractivity contribution in [1.82, 2.24) is 24.6 Å². The van der Waals surface area contributed by atoms with Crippen LogP contribution in [0.15, 0.2) is 30.6 Å². The maximum atomic E-state index is 11.5. The van der Waals surface area contributed by atoms with Gasteiger partial charge in [-0.15, -0.1) is 0 Å². The van der Waals surface area contributed by atoms with E-state index in [1.807, 2.05) is 12.1 Å². The van der Waals surface area contributed by atoms with E-state index < -0.39 is 10.0 Å². The standard InChI is InChI=1S/C23H33N5O2S/c1-4-16(5-2)21-13-22(27-23(26-21)17-6-9-24-10-7-17)20-15-28-11-8-18(20)12-19(28)14-25-31(3,29)30/h6-7,9-10,13,16,18-20,25H,4-5,8,11-12,14-15H2,1-3H3/t18-,19+,20+/m0/s1. The Morgan fingerprint density at radius 1 is 1.19 bits per heavy atom. The minimum absolute atomic E-state index is 0.268. The van der Waals surface area contributed by atoms with Gasteiger partial charge in [-0.3, -0.25) is 9.88 Å². The average molecular weight is 444 g/mol. The molecule has 0 aliphatic carbocycles. The lowest BCUT2D eigenvalue weighted by Gasteiger charge is -2.49. The largest absolute Gasteiger partial charge is 0.298 e. The summed E-state index contributed by atoms with van der Waals surface area (Å²) in [7, 11) is -3.17. The zero-order valence-corrected chi connectivity index (χ0v) is 19.5. The van der Waals surface area contributed by atoms with Crippen molar-refractivity contribution in [3.05, 3.63) is 42.0 Å². The van der Waals surface area contributed by atoms with Crippen molar-refractivity contribution in [1.29, 1.82) is 0 Å². The van der Waals surface area contributed by atoms with Crippen LogP contribution in [0.3, 0.4) is 0 Å². The van der Waals surface area contributed by atoms with Crippen molar-refractivity contribution < 1.29 is 8.42 Å². The first-order valence-corrected chi connectivity index (χ1v) is 13.2. The Morgan fingerprint density at radius 2 is 1.94 bits per heavy atom. The molecular formula is C23H33N5O2S. The first-order chi connectivity index (χ1) is 14.9. The van der Waals surface area contributed by atoms with Gasteiger partial charge in [0.2, 0.25) is 10.0 Å². The van der Waals surface area contributed by atoms with Gasteiger partial charge in [-0.05, 0) is 56.3 Å². The Balaban J connectivity index is 1.63. The van der Waals surface area contributed by atoms with E-state index in [1.54, 1.807) is 12.4 Å². The third-order valence-corrected chi connectivity index (χ3v) is 7.64. The van der Waals surface area contributed by atoms with E-state index in [9.17, 15) is 8.42 Å². The maximum absolute atomic E-state index is 11.5. The van der Waals surface area contributed by atoms with Crippen molar-refractivity contribution in [2.75, 3.05) is 25.9 Å². The predicted octanol–water partition coefficient (Wildman–Crippen LogP) is 3.17. The average Bonchev–Trinajstić information content (AvgIpc) is 2.79. The summed E-state index contributed by atoms with van der Waals surface area (Å²) in [6, 6.07) is 6.45. The number of nitrogens with zero attached hydrogens (tertiary/aromatic N) is 4. The maximum Gasteiger partial charge on any atom is 0.208 e. The molecule has 2 aromatic heterocycles. The van der Waals surface area contributed by atoms with Gasteiger partial charge < -0.3 is 0 Å². The number of hydrogen-bond acceptors (Lipinski definition) is 6. The number of nitrogens with one attached hydrogen (secondary N) is 1. The van der Waals surface area contributed by atoms with Crippen LogP contribution in [0.4, 0.5) is 0 Å². The van der Waals surface area contributed by atoms with Gasteiger partial charge in [0, 0.05) is 60.3 Å². The van der Waals surface area contributed by atoms with Crippen molar-refractivity contribution in [3.8, 4) is 11.4 Å². The van der Waals surface area contributed by atoms with Crippen LogP contribution >= 0.6 is 0 Å². The number of aromatic nitrogens is 3. The summed E-state index contributed by atoms with van der Waals surface area (Å²) in [5.41, 5.74) is 3.27. The first-order valence-electron chi connectivity index (χ1n) is 11.4. The lowest BCUT2D eigenvalue weighted by molar-refractivity contribution is 0.0317. The third kappa shape index (κ3) is 5.13. The topological polar surface area (TPSA) is 88.1 Å². The molecule has 8 heteroatoms. The van der Waals surface area contributed by atoms with Gasteiger partial charge >= 0.3 is 0 Å². The summed E-state index contributed by atoms with van der Waals surface area (Å²) in [5.74, 6) is 2.09. The van der Waals surface area contributed by atoms with Crippen LogP contribution in [0.2, 0.25) is 0 Å². The smallest absolute Gasteiger partial charge is 0.208 e. The summed E-state index contributed by atoms with van der Waals surface area (Å²) < 4.78 is 25.8. The van der Waals surface area contributed by atoms with Gasteiger partial charge in [0.15, 0.2) is 5.82 Å². The van der Waals surface area contributed by atoms with E-state index in [1.165, 1.54) is 6.26 Å². The molecule has 1 unspecified atom stereocenters. The number of rotatable bonds is 8. The Kier molecular flexibility index (Phi) is 6.69. The van der Waals surface area contributed by atoms with E-state index in [2.05, 4.69) is 34.5 Å². The fourth-order valence-corrected chi connectivity index (χ4v) is 5.65. The highest BCUT2D eigenvalue weighted by Crippen LogP contribution is 2.42. The minimum atomic E-state index is -3.17. The summed E-state index contributed by atoms with van der Waals surface area (Å²) in [4.78, 5) is 16.5. The molecule has 3 saturated heterocycles. The van der Waals surface area contributed by atoms with Crippen molar-refractivity contribution in [2.24, 2.45) is 5.92 Å². The van der Waals surface area contributed by atoms with Crippen LogP contribution in [0.25, 0.3) is 11.4 Å². The molecule has 0 saturated carbocycles. The number of piperidine rings is 3. The fourth-order valence-electron chi connectivity index (χ4n) is 5.15. The molecular weight excluding hydrogens is 410 g/mol. The number of fused-ring (bicyclic) bond motifs is 3. The van der Waals surface area contributed by atoms with Gasteiger partial charge in [-0.1, -0.05) is 13.8 Å². The molecule has 2 bridgehead atoms. The fraction of sp³-hybridized carbons (Fsp3) is 0.609. The minimum Gasteiger partial charge on any atom is -0.298 e. The molecule has 0 amide bonds. The Hall–Kier alpha value is -1.90. The lowest BCUT2D eigenvalue weighted by Crippen LogP contribution is -2.56. The van der Waals surface area contributed by atoms with E-state index in [-0.39, 0.29) is 6.04 Å². The molecule has 0 radical (unpaired) electrons. The van der Waals surface area contributed by atoms with Crippen molar-refractivity contribution in [3.63, 3.8) is 0 Å². The molecule has 3 aliphatic heterocycles. The predicted molar refractivity (Wildman–Crippen MR) is 122 cm³/mol. The van der Waals surface area contributed by atoms with E-state index >= 15 is 0 Å². The summed E-state index contributed by atoms with van der Waals surface area (Å²) in [6.07, 6.45) is 9.06. The Labute approximate surface area is 185 Å². The van der Waals surface area contributed by atoms with Gasteiger partial charge in [0.1, 0.15) is 0 Å². The van der Waals surface area contributed by atoms with Crippen LogP contribution in [0.5, 0.6) is 0 Å². The van der Waals surface area contributed by atoms with Gasteiger partial charge in [-0.25, -0.2) is 23.1 Å². The zero-order valence-electron chi connectivity index (χ0n) is 18.7. The molecule has 4 atom stereocenters. The van der Waals surface area contributed by atoms with Crippen LogP contribution in [-0.2, 0) is 10.0 Å². The SMILES string of the molecule is CCC(CC)c1cc([C@@H]2CN3CC[C@H]2C[C@@H]3CNS(C)(=O)=O)nc(-c2ccncc2)n1. The molecule has 0 spiro atoms. The van der Waals surface area contributed by atoms with E-state index in [4.69, 9.17) is 9.97 Å². The van der Waals surface area contributed by atoms with Gasteiger partial charge in [-0.2, -0.15) is 0 Å². The molecule has 5 heterocycles. The highest BCUT2D eigenvalue weighted by Gasteiger charge is 2.41. The quantitative estimate of drug-likeness (QED) is 0.674. The normalized spacial score (nSPS) is 25.8. The number of hydrogen-bond donors (Lipinski definition) is 1. The summed E-state index contributed by atoms with van der Waals surface area (Å²) in [6.45, 7) is 6.88. The molecule has 7 nitrogen and oxygen atoms in total. The van der Waals surface area contributed by atoms with E-state index in [0.717, 1.165) is 61.5 Å². The summed E-state index contributed by atoms with van der Waals surface area (Å²) in [5, 5.41) is 0. The molecule has 3 aliphatic rings. The van der Waals surface area contributed by atoms with E-state index in [0.29, 0.717) is 24.3 Å². The highest BCUT2D eigenvalue weighted by atomic mass is 32.2. The van der Waals surface area contributed by atoms with Gasteiger partial charge in [0.05, 0.1) is 6.26 Å². The second kappa shape index (κ2) is 9.30. The highest BCUT2D eigenvalue weighted by molar-refractivity contribution is 7.88. The number of pyridine rings is 1. The van der Waals surface area contributed by atoms with Crippen LogP contribution in [-0.4, -0.2) is 60.2 Å². The second-order valence-electron chi connectivity index (χ2n) is 8.95. The zero-order chi connectivity index (χ0) is 22.0. The monoisotopic (exact) mass is 443 g/mol. The Morgan fingerprint density at radius 3 is 2.55 bits per heavy atom. The van der Waals surface area contributed by atoms with Crippen molar-refractivity contribution in [2.45, 2.75) is 57.4 Å². The molecule has 3 fully saturated rings. The lowest BCUT2D eigenvalue weighted by atomic mass is 9.74. The third-order valence-electron chi connectivity index (χ3n) is 6.95. The molecule has 5 rings (SSSR count). The van der Waals surface area contributed by atoms with Crippen LogP contribution in [0, 0.1) is 5.92 Å². The Bertz CT molecular complexity index is 994. The van der Waals surface area contributed by atoms with Crippen LogP contribution < -0.4 is 4.72 Å². The number of sulfonamides is 1. The van der Waals surface area contributed by atoms with Crippen molar-refractivity contribution >= 4 is 10.0 Å².